The number of nitro groups is 1. The topological polar surface area (TPSA) is 152 Å². The van der Waals surface area contributed by atoms with Crippen molar-refractivity contribution in [2.45, 2.75) is 93.8 Å². The molecule has 5 rings (SSSR count). The van der Waals surface area contributed by atoms with Crippen LogP contribution in [-0.2, 0) is 23.9 Å². The fourth-order valence-corrected chi connectivity index (χ4v) is 8.99. The molecule has 0 N–H and O–H groups in total. The Balaban J connectivity index is 1.54. The summed E-state index contributed by atoms with van der Waals surface area (Å²) in [7, 11) is -6.39. The number of para-hydroxylation sites is 1. The van der Waals surface area contributed by atoms with Crippen LogP contribution < -0.4 is 4.31 Å². The van der Waals surface area contributed by atoms with E-state index in [1.165, 1.54) is 40.3 Å². The van der Waals surface area contributed by atoms with Gasteiger partial charge in [0.1, 0.15) is 5.69 Å². The molecule has 0 amide bonds. The Morgan fingerprint density at radius 1 is 1.14 bits per heavy atom. The van der Waals surface area contributed by atoms with Gasteiger partial charge in [-0.1, -0.05) is 44.7 Å². The molecule has 2 aromatic heterocycles. The van der Waals surface area contributed by atoms with Gasteiger partial charge in [-0.2, -0.15) is 5.10 Å². The standard InChI is InChI=1S/C35H48N6O7S2Si/c1-25(18-21-46-22-23-48-51(6,7)35(2,3)4)40(50(44,45)31-13-9-8-12-30(31)41(42)43)26-15-16-29-27(24-26)33(28-17-19-36-34(37-28)49-5)38-39(29)32-14-10-11-20-47-32/h8-9,12-13,15-17,19,24-25,32H,10-11,14,18,20-23H2,1-7H3. The summed E-state index contributed by atoms with van der Waals surface area (Å²) in [6.07, 6.45) is 6.35. The fraction of sp³-hybridized carbons (Fsp3) is 0.514. The molecule has 1 fully saturated rings. The lowest BCUT2D eigenvalue weighted by atomic mass is 10.1. The minimum absolute atomic E-state index is 0.0715. The Bertz CT molecular complexity index is 1940. The van der Waals surface area contributed by atoms with Crippen molar-refractivity contribution in [2.75, 3.05) is 37.0 Å². The molecule has 0 aliphatic carbocycles. The van der Waals surface area contributed by atoms with Gasteiger partial charge >= 0.3 is 0 Å². The van der Waals surface area contributed by atoms with Gasteiger partial charge in [-0.15, -0.1) is 0 Å². The molecule has 2 unspecified atom stereocenters. The van der Waals surface area contributed by atoms with Crippen molar-refractivity contribution in [3.63, 3.8) is 0 Å². The monoisotopic (exact) mass is 756 g/mol. The van der Waals surface area contributed by atoms with Crippen LogP contribution in [0, 0.1) is 10.1 Å². The molecule has 0 spiro atoms. The zero-order chi connectivity index (χ0) is 37.0. The van der Waals surface area contributed by atoms with Crippen LogP contribution in [-0.4, -0.2) is 80.1 Å². The van der Waals surface area contributed by atoms with Crippen molar-refractivity contribution in [1.82, 2.24) is 19.7 Å². The number of anilines is 1. The number of benzene rings is 2. The van der Waals surface area contributed by atoms with Crippen molar-refractivity contribution in [3.05, 3.63) is 64.8 Å². The quantitative estimate of drug-likeness (QED) is 0.0291. The summed E-state index contributed by atoms with van der Waals surface area (Å²) in [5.74, 6) is 0. The van der Waals surface area contributed by atoms with Gasteiger partial charge in [0, 0.05) is 36.9 Å². The average molecular weight is 757 g/mol. The lowest BCUT2D eigenvalue weighted by Gasteiger charge is -2.36. The normalized spacial score (nSPS) is 16.3. The van der Waals surface area contributed by atoms with Gasteiger partial charge in [-0.05, 0) is 87.3 Å². The number of hydrogen-bond donors (Lipinski definition) is 0. The number of thioether (sulfide) groups is 1. The summed E-state index contributed by atoms with van der Waals surface area (Å²) in [5.41, 5.74) is 1.73. The van der Waals surface area contributed by atoms with E-state index < -0.39 is 39.9 Å². The van der Waals surface area contributed by atoms with Gasteiger partial charge in [0.05, 0.1) is 35.0 Å². The Hall–Kier alpha value is -3.41. The molecule has 1 saturated heterocycles. The predicted octanol–water partition coefficient (Wildman–Crippen LogP) is 7.83. The van der Waals surface area contributed by atoms with Gasteiger partial charge in [0.2, 0.25) is 0 Å². The number of nitrogens with zero attached hydrogens (tertiary/aromatic N) is 6. The van der Waals surface area contributed by atoms with Crippen molar-refractivity contribution >= 4 is 52.4 Å². The third kappa shape index (κ3) is 8.63. The molecular formula is C35H48N6O7S2Si. The highest BCUT2D eigenvalue weighted by Crippen LogP contribution is 2.39. The molecule has 276 valence electrons. The van der Waals surface area contributed by atoms with Crippen LogP contribution in [0.15, 0.2) is 64.8 Å². The summed E-state index contributed by atoms with van der Waals surface area (Å²) in [5, 5.41) is 18.3. The number of rotatable bonds is 15. The van der Waals surface area contributed by atoms with E-state index in [0.29, 0.717) is 53.9 Å². The number of hydrogen-bond acceptors (Lipinski definition) is 11. The van der Waals surface area contributed by atoms with E-state index in [-0.39, 0.29) is 17.9 Å². The van der Waals surface area contributed by atoms with Crippen LogP contribution >= 0.6 is 11.8 Å². The third-order valence-corrected chi connectivity index (χ3v) is 16.7. The second-order valence-corrected chi connectivity index (χ2v) is 21.5. The molecule has 16 heteroatoms. The smallest absolute Gasteiger partial charge is 0.289 e. The number of ether oxygens (including phenoxy) is 2. The zero-order valence-electron chi connectivity index (χ0n) is 30.4. The maximum absolute atomic E-state index is 14.6. The van der Waals surface area contributed by atoms with E-state index in [2.05, 4.69) is 38.8 Å². The van der Waals surface area contributed by atoms with Gasteiger partial charge < -0.3 is 13.9 Å². The van der Waals surface area contributed by atoms with Gasteiger partial charge in [0.25, 0.3) is 15.7 Å². The van der Waals surface area contributed by atoms with Gasteiger partial charge in [-0.3, -0.25) is 14.4 Å². The summed E-state index contributed by atoms with van der Waals surface area (Å²) in [4.78, 5) is 20.0. The second-order valence-electron chi connectivity index (χ2n) is 14.1. The molecule has 4 aromatic rings. The largest absolute Gasteiger partial charge is 0.414 e. The van der Waals surface area contributed by atoms with Crippen LogP contribution in [0.1, 0.15) is 59.6 Å². The minimum atomic E-state index is -4.45. The summed E-state index contributed by atoms with van der Waals surface area (Å²) < 4.78 is 50.5. The highest BCUT2D eigenvalue weighted by molar-refractivity contribution is 7.98. The van der Waals surface area contributed by atoms with E-state index >= 15 is 0 Å². The molecule has 1 aliphatic rings. The van der Waals surface area contributed by atoms with Crippen molar-refractivity contribution in [2.24, 2.45) is 0 Å². The summed E-state index contributed by atoms with van der Waals surface area (Å²) in [6, 6.07) is 11.9. The number of nitro benzene ring substituents is 1. The third-order valence-electron chi connectivity index (χ3n) is 9.61. The molecular weight excluding hydrogens is 709 g/mol. The Labute approximate surface area is 305 Å². The summed E-state index contributed by atoms with van der Waals surface area (Å²) in [6.45, 7) is 14.4. The number of sulfonamides is 1. The van der Waals surface area contributed by atoms with Gasteiger partial charge in [0.15, 0.2) is 24.6 Å². The Morgan fingerprint density at radius 2 is 1.90 bits per heavy atom. The summed E-state index contributed by atoms with van der Waals surface area (Å²) >= 11 is 1.41. The van der Waals surface area contributed by atoms with Crippen LogP contribution in [0.3, 0.4) is 0 Å². The molecule has 51 heavy (non-hydrogen) atoms. The van der Waals surface area contributed by atoms with Crippen molar-refractivity contribution < 1.29 is 27.2 Å². The maximum Gasteiger partial charge on any atom is 0.289 e. The van der Waals surface area contributed by atoms with Crippen LogP contribution in [0.4, 0.5) is 11.4 Å². The molecule has 0 saturated carbocycles. The van der Waals surface area contributed by atoms with Crippen molar-refractivity contribution in [1.29, 1.82) is 0 Å². The highest BCUT2D eigenvalue weighted by atomic mass is 32.2. The Morgan fingerprint density at radius 3 is 2.59 bits per heavy atom. The first-order chi connectivity index (χ1) is 24.2. The Kier molecular flexibility index (Phi) is 12.2. The predicted molar refractivity (Wildman–Crippen MR) is 202 cm³/mol. The van der Waals surface area contributed by atoms with E-state index in [1.807, 2.05) is 17.0 Å². The first kappa shape index (κ1) is 38.8. The molecule has 0 bridgehead atoms. The van der Waals surface area contributed by atoms with E-state index in [0.717, 1.165) is 24.8 Å². The lowest BCUT2D eigenvalue weighted by molar-refractivity contribution is -0.387. The molecule has 13 nitrogen and oxygen atoms in total. The maximum atomic E-state index is 14.6. The van der Waals surface area contributed by atoms with E-state index in [4.69, 9.17) is 24.0 Å². The molecule has 3 heterocycles. The van der Waals surface area contributed by atoms with Crippen LogP contribution in [0.25, 0.3) is 22.3 Å². The second kappa shape index (κ2) is 16.1. The fourth-order valence-electron chi connectivity index (χ4n) is 5.77. The van der Waals surface area contributed by atoms with Crippen LogP contribution in [0.2, 0.25) is 18.1 Å². The minimum Gasteiger partial charge on any atom is -0.414 e. The van der Waals surface area contributed by atoms with Crippen molar-refractivity contribution in [3.8, 4) is 11.4 Å². The zero-order valence-corrected chi connectivity index (χ0v) is 33.0. The number of aromatic nitrogens is 4. The van der Waals surface area contributed by atoms with E-state index in [9.17, 15) is 18.5 Å². The molecule has 0 radical (unpaired) electrons. The number of fused-ring (bicyclic) bond motifs is 1. The van der Waals surface area contributed by atoms with E-state index in [1.54, 1.807) is 31.3 Å². The molecule has 1 aliphatic heterocycles. The first-order valence-corrected chi connectivity index (χ1v) is 22.7. The average Bonchev–Trinajstić information content (AvgIpc) is 3.48. The first-order valence-electron chi connectivity index (χ1n) is 17.2. The van der Waals surface area contributed by atoms with Crippen LogP contribution in [0.5, 0.6) is 0 Å². The SMILES string of the molecule is CSc1nccc(-c2nn(C3CCCCO3)c3ccc(N(C(C)CCOCCO[Si](C)(C)C(C)(C)C)S(=O)(=O)c4ccccc4[N+](=O)[O-])cc23)n1. The van der Waals surface area contributed by atoms with Gasteiger partial charge in [-0.25, -0.2) is 23.1 Å². The molecule has 2 aromatic carbocycles. The lowest BCUT2D eigenvalue weighted by Crippen LogP contribution is -2.41. The molecule has 2 atom stereocenters. The highest BCUT2D eigenvalue weighted by Gasteiger charge is 2.37.